The molecular weight excluding hydrogens is 292 g/mol. The van der Waals surface area contributed by atoms with Gasteiger partial charge in [-0.1, -0.05) is 60.2 Å². The van der Waals surface area contributed by atoms with Crippen LogP contribution in [0.1, 0.15) is 30.0 Å². The molecule has 0 atom stereocenters. The first-order valence-electron chi connectivity index (χ1n) is 7.51. The van der Waals surface area contributed by atoms with Gasteiger partial charge >= 0.3 is 0 Å². The first kappa shape index (κ1) is 16.4. The van der Waals surface area contributed by atoms with Crippen LogP contribution in [0.4, 0.5) is 0 Å². The Bertz CT molecular complexity index is 629. The minimum Gasteiger partial charge on any atom is -0.497 e. The number of benzene rings is 2. The summed E-state index contributed by atoms with van der Waals surface area (Å²) in [7, 11) is 0. The van der Waals surface area contributed by atoms with Gasteiger partial charge in [-0.3, -0.25) is 0 Å². The molecule has 0 unspecified atom stereocenters. The fourth-order valence-electron chi connectivity index (χ4n) is 2.23. The van der Waals surface area contributed by atoms with Crippen molar-refractivity contribution in [2.24, 2.45) is 0 Å². The van der Waals surface area contributed by atoms with E-state index in [-0.39, 0.29) is 0 Å². The molecule has 0 aliphatic heterocycles. The van der Waals surface area contributed by atoms with Crippen molar-refractivity contribution in [3.05, 3.63) is 88.7 Å². The van der Waals surface area contributed by atoms with Gasteiger partial charge in [0.1, 0.15) is 6.61 Å². The molecule has 0 aliphatic rings. The van der Waals surface area contributed by atoms with Gasteiger partial charge < -0.3 is 4.74 Å². The topological polar surface area (TPSA) is 9.23 Å². The lowest BCUT2D eigenvalue weighted by Crippen LogP contribution is -1.89. The Morgan fingerprint density at radius 2 is 1.91 bits per heavy atom. The van der Waals surface area contributed by atoms with Gasteiger partial charge in [0, 0.05) is 5.02 Å². The summed E-state index contributed by atoms with van der Waals surface area (Å²) in [5, 5.41) is 0.785. The Morgan fingerprint density at radius 1 is 1.09 bits per heavy atom. The second-order valence-corrected chi connectivity index (χ2v) is 5.49. The third kappa shape index (κ3) is 5.42. The Hall–Kier alpha value is -1.99. The van der Waals surface area contributed by atoms with Gasteiger partial charge in [-0.25, -0.2) is 0 Å². The van der Waals surface area contributed by atoms with Crippen LogP contribution >= 0.6 is 11.6 Å². The van der Waals surface area contributed by atoms with Crippen molar-refractivity contribution in [1.29, 1.82) is 0 Å². The number of allylic oxidation sites excluding steroid dienone is 2. The molecule has 0 amide bonds. The fourth-order valence-corrected chi connectivity index (χ4v) is 2.42. The lowest BCUT2D eigenvalue weighted by atomic mass is 10.0. The molecule has 2 heteroatoms. The summed E-state index contributed by atoms with van der Waals surface area (Å²) in [6, 6.07) is 16.2. The van der Waals surface area contributed by atoms with Crippen LogP contribution in [0, 0.1) is 0 Å². The molecule has 0 aliphatic carbocycles. The van der Waals surface area contributed by atoms with Crippen molar-refractivity contribution in [3.63, 3.8) is 0 Å². The monoisotopic (exact) mass is 312 g/mol. The van der Waals surface area contributed by atoms with E-state index in [0.29, 0.717) is 6.61 Å². The fraction of sp³-hybridized carbons (Fsp3) is 0.200. The highest BCUT2D eigenvalue weighted by Gasteiger charge is 2.00. The number of rotatable bonds is 7. The summed E-state index contributed by atoms with van der Waals surface area (Å²) in [5.41, 5.74) is 3.67. The van der Waals surface area contributed by atoms with E-state index in [2.05, 4.69) is 30.4 Å². The van der Waals surface area contributed by atoms with Crippen molar-refractivity contribution in [3.8, 4) is 0 Å². The zero-order valence-electron chi connectivity index (χ0n) is 12.8. The van der Waals surface area contributed by atoms with Crippen molar-refractivity contribution in [2.45, 2.75) is 26.4 Å². The van der Waals surface area contributed by atoms with E-state index in [1.807, 2.05) is 43.3 Å². The minimum absolute atomic E-state index is 0.609. The summed E-state index contributed by atoms with van der Waals surface area (Å²) in [6.07, 6.45) is 9.88. The van der Waals surface area contributed by atoms with E-state index in [1.165, 1.54) is 16.7 Å². The molecule has 2 rings (SSSR count). The summed E-state index contributed by atoms with van der Waals surface area (Å²) in [6.45, 7) is 2.63. The molecule has 0 bridgehead atoms. The van der Waals surface area contributed by atoms with Gasteiger partial charge in [-0.15, -0.1) is 0 Å². The lowest BCUT2D eigenvalue weighted by molar-refractivity contribution is 0.235. The molecule has 0 saturated carbocycles. The van der Waals surface area contributed by atoms with Crippen LogP contribution in [0.15, 0.2) is 66.9 Å². The van der Waals surface area contributed by atoms with Gasteiger partial charge in [0.25, 0.3) is 0 Å². The van der Waals surface area contributed by atoms with Crippen molar-refractivity contribution < 1.29 is 4.74 Å². The molecule has 0 heterocycles. The summed E-state index contributed by atoms with van der Waals surface area (Å²) >= 11 is 6.08. The maximum absolute atomic E-state index is 6.08. The Balaban J connectivity index is 1.81. The SMILES string of the molecule is CC=Cc1ccc(Cl)cc1CCC=COCc1ccccc1. The van der Waals surface area contributed by atoms with E-state index in [1.54, 1.807) is 6.26 Å². The zero-order chi connectivity index (χ0) is 15.6. The Kier molecular flexibility index (Phi) is 6.79. The molecule has 2 aromatic rings. The van der Waals surface area contributed by atoms with Crippen LogP contribution in [0.5, 0.6) is 0 Å². The molecule has 1 nitrogen and oxygen atoms in total. The third-order valence-corrected chi connectivity index (χ3v) is 3.55. The van der Waals surface area contributed by atoms with Gasteiger partial charge in [-0.05, 0) is 54.7 Å². The van der Waals surface area contributed by atoms with Crippen molar-refractivity contribution >= 4 is 17.7 Å². The van der Waals surface area contributed by atoms with Crippen LogP contribution < -0.4 is 0 Å². The molecule has 114 valence electrons. The van der Waals surface area contributed by atoms with E-state index in [4.69, 9.17) is 16.3 Å². The summed E-state index contributed by atoms with van der Waals surface area (Å²) in [4.78, 5) is 0. The van der Waals surface area contributed by atoms with Crippen LogP contribution in [0.25, 0.3) is 6.08 Å². The first-order chi connectivity index (χ1) is 10.8. The second-order valence-electron chi connectivity index (χ2n) is 5.05. The molecule has 0 saturated heterocycles. The first-order valence-corrected chi connectivity index (χ1v) is 7.89. The lowest BCUT2D eigenvalue weighted by Gasteiger charge is -2.05. The molecule has 0 N–H and O–H groups in total. The van der Waals surface area contributed by atoms with Crippen molar-refractivity contribution in [2.75, 3.05) is 0 Å². The Labute approximate surface area is 137 Å². The Morgan fingerprint density at radius 3 is 2.68 bits per heavy atom. The molecular formula is C20H21ClO. The van der Waals surface area contributed by atoms with Crippen LogP contribution in [0.3, 0.4) is 0 Å². The predicted octanol–water partition coefficient (Wildman–Crippen LogP) is 6.04. The average molecular weight is 313 g/mol. The molecule has 2 aromatic carbocycles. The van der Waals surface area contributed by atoms with Crippen LogP contribution in [0.2, 0.25) is 5.02 Å². The highest BCUT2D eigenvalue weighted by atomic mass is 35.5. The van der Waals surface area contributed by atoms with Gasteiger partial charge in [0.2, 0.25) is 0 Å². The quantitative estimate of drug-likeness (QED) is 0.567. The maximum Gasteiger partial charge on any atom is 0.112 e. The second kappa shape index (κ2) is 9.11. The summed E-state index contributed by atoms with van der Waals surface area (Å²) in [5.74, 6) is 0. The molecule has 0 radical (unpaired) electrons. The van der Waals surface area contributed by atoms with Gasteiger partial charge in [0.15, 0.2) is 0 Å². The number of hydrogen-bond donors (Lipinski definition) is 0. The minimum atomic E-state index is 0.609. The molecule has 22 heavy (non-hydrogen) atoms. The smallest absolute Gasteiger partial charge is 0.112 e. The number of aryl methyl sites for hydroxylation is 1. The number of hydrogen-bond acceptors (Lipinski definition) is 1. The molecule has 0 aromatic heterocycles. The molecule has 0 spiro atoms. The normalized spacial score (nSPS) is 11.4. The standard InChI is InChI=1S/C20H21ClO/c1-2-8-18-12-13-20(21)15-19(18)11-6-7-14-22-16-17-9-4-3-5-10-17/h2-5,7-10,12-15H,6,11,16H2,1H3. The summed E-state index contributed by atoms with van der Waals surface area (Å²) < 4.78 is 5.54. The largest absolute Gasteiger partial charge is 0.497 e. The zero-order valence-corrected chi connectivity index (χ0v) is 13.6. The maximum atomic E-state index is 6.08. The highest BCUT2D eigenvalue weighted by molar-refractivity contribution is 6.30. The van der Waals surface area contributed by atoms with Gasteiger partial charge in [-0.2, -0.15) is 0 Å². The number of halogens is 1. The predicted molar refractivity (Wildman–Crippen MR) is 94.9 cm³/mol. The van der Waals surface area contributed by atoms with Gasteiger partial charge in [0.05, 0.1) is 6.26 Å². The van der Waals surface area contributed by atoms with Crippen LogP contribution in [-0.4, -0.2) is 0 Å². The molecule has 0 fully saturated rings. The van der Waals surface area contributed by atoms with E-state index in [0.717, 1.165) is 17.9 Å². The average Bonchev–Trinajstić information content (AvgIpc) is 2.54. The van der Waals surface area contributed by atoms with Crippen molar-refractivity contribution in [1.82, 2.24) is 0 Å². The third-order valence-electron chi connectivity index (χ3n) is 3.32. The highest BCUT2D eigenvalue weighted by Crippen LogP contribution is 2.19. The van der Waals surface area contributed by atoms with E-state index < -0.39 is 0 Å². The van der Waals surface area contributed by atoms with Crippen LogP contribution in [-0.2, 0) is 17.8 Å². The van der Waals surface area contributed by atoms with E-state index >= 15 is 0 Å². The number of ether oxygens (including phenoxy) is 1. The van der Waals surface area contributed by atoms with E-state index in [9.17, 15) is 0 Å².